The van der Waals surface area contributed by atoms with Crippen LogP contribution in [0.3, 0.4) is 0 Å². The number of anilines is 1. The number of aliphatic hydroxyl groups is 1. The standard InChI is InChI=1S/C36H44N5O6P/c1-26(2)46-48(43,47-27(3)4)25-45-22-31(20-21-42)41-24-39-33-34(37-23-38-35(33)41)40-36(28-12-8-6-9-13-28,29-14-10-7-11-15-29)30-16-18-32(44-5)19-17-30/h6-19,23-24,26-27,31,42H,20-22,25H2,1-5H3,(H,37,38,40). The van der Waals surface area contributed by atoms with Crippen molar-refractivity contribution in [2.24, 2.45) is 0 Å². The van der Waals surface area contributed by atoms with E-state index in [9.17, 15) is 9.67 Å². The van der Waals surface area contributed by atoms with Crippen LogP contribution in [-0.2, 0) is 23.9 Å². The summed E-state index contributed by atoms with van der Waals surface area (Å²) in [5.41, 5.74) is 3.18. The van der Waals surface area contributed by atoms with Gasteiger partial charge in [-0.1, -0.05) is 72.8 Å². The van der Waals surface area contributed by atoms with Gasteiger partial charge in [0.05, 0.1) is 38.3 Å². The Morgan fingerprint density at radius 1 is 0.833 bits per heavy atom. The first-order valence-electron chi connectivity index (χ1n) is 16.0. The number of rotatable bonds is 17. The summed E-state index contributed by atoms with van der Waals surface area (Å²) >= 11 is 0. The van der Waals surface area contributed by atoms with Gasteiger partial charge in [-0.25, -0.2) is 15.0 Å². The van der Waals surface area contributed by atoms with Gasteiger partial charge in [-0.05, 0) is 62.9 Å². The largest absolute Gasteiger partial charge is 0.497 e. The summed E-state index contributed by atoms with van der Waals surface area (Å²) in [5, 5.41) is 13.8. The number of fused-ring (bicyclic) bond motifs is 1. The molecule has 0 spiro atoms. The number of hydrogen-bond donors (Lipinski definition) is 2. The molecule has 0 aliphatic heterocycles. The number of imidazole rings is 1. The third-order valence-electron chi connectivity index (χ3n) is 7.76. The molecule has 2 aromatic heterocycles. The molecule has 5 rings (SSSR count). The average molecular weight is 674 g/mol. The predicted octanol–water partition coefficient (Wildman–Crippen LogP) is 7.18. The van der Waals surface area contributed by atoms with E-state index in [0.717, 1.165) is 22.4 Å². The van der Waals surface area contributed by atoms with Gasteiger partial charge in [-0.2, -0.15) is 0 Å². The van der Waals surface area contributed by atoms with E-state index in [1.54, 1.807) is 41.1 Å². The van der Waals surface area contributed by atoms with Gasteiger partial charge in [0.2, 0.25) is 0 Å². The normalized spacial score (nSPS) is 12.9. The fourth-order valence-electron chi connectivity index (χ4n) is 5.80. The van der Waals surface area contributed by atoms with Crippen LogP contribution in [0.2, 0.25) is 0 Å². The number of ether oxygens (including phenoxy) is 2. The maximum absolute atomic E-state index is 13.4. The summed E-state index contributed by atoms with van der Waals surface area (Å²) in [6.07, 6.45) is 2.69. The lowest BCUT2D eigenvalue weighted by Gasteiger charge is -2.37. The summed E-state index contributed by atoms with van der Waals surface area (Å²) in [7, 11) is -1.86. The van der Waals surface area contributed by atoms with E-state index in [0.29, 0.717) is 23.4 Å². The van der Waals surface area contributed by atoms with E-state index < -0.39 is 13.1 Å². The molecular weight excluding hydrogens is 629 g/mol. The maximum atomic E-state index is 13.4. The number of nitrogens with zero attached hydrogens (tertiary/aromatic N) is 4. The molecule has 0 saturated carbocycles. The molecule has 12 heteroatoms. The highest BCUT2D eigenvalue weighted by Crippen LogP contribution is 2.50. The van der Waals surface area contributed by atoms with Crippen LogP contribution in [0.4, 0.5) is 5.82 Å². The number of nitrogens with one attached hydrogen (secondary N) is 1. The summed E-state index contributed by atoms with van der Waals surface area (Å²) in [6.45, 7) is 7.21. The third-order valence-corrected chi connectivity index (χ3v) is 9.74. The topological polar surface area (TPSA) is 130 Å². The minimum atomic E-state index is -3.51. The van der Waals surface area contributed by atoms with Crippen LogP contribution < -0.4 is 10.1 Å². The van der Waals surface area contributed by atoms with Crippen LogP contribution in [0.1, 0.15) is 56.8 Å². The Kier molecular flexibility index (Phi) is 11.6. The molecule has 1 unspecified atom stereocenters. The zero-order valence-electron chi connectivity index (χ0n) is 28.0. The number of aliphatic hydroxyl groups excluding tert-OH is 1. The summed E-state index contributed by atoms with van der Waals surface area (Å²) in [4.78, 5) is 14.1. The molecule has 2 N–H and O–H groups in total. The predicted molar refractivity (Wildman–Crippen MR) is 186 cm³/mol. The molecule has 11 nitrogen and oxygen atoms in total. The quantitative estimate of drug-likeness (QED) is 0.0773. The van der Waals surface area contributed by atoms with Crippen molar-refractivity contribution >= 4 is 24.6 Å². The number of aromatic nitrogens is 4. The SMILES string of the molecule is COc1ccc(C(Nc2ncnc3c2ncn3C(CCO)COCP(=O)(OC(C)C)OC(C)C)(c2ccccc2)c2ccccc2)cc1. The Morgan fingerprint density at radius 2 is 1.42 bits per heavy atom. The minimum Gasteiger partial charge on any atom is -0.497 e. The molecule has 3 aromatic carbocycles. The van der Waals surface area contributed by atoms with Crippen molar-refractivity contribution < 1.29 is 28.2 Å². The molecule has 2 heterocycles. The highest BCUT2D eigenvalue weighted by molar-refractivity contribution is 7.53. The van der Waals surface area contributed by atoms with Gasteiger partial charge in [0.15, 0.2) is 11.5 Å². The van der Waals surface area contributed by atoms with Crippen molar-refractivity contribution in [3.63, 3.8) is 0 Å². The Morgan fingerprint density at radius 3 is 1.96 bits per heavy atom. The number of hydrogen-bond acceptors (Lipinski definition) is 10. The van der Waals surface area contributed by atoms with Gasteiger partial charge >= 0.3 is 7.60 Å². The second-order valence-corrected chi connectivity index (χ2v) is 13.9. The second kappa shape index (κ2) is 15.9. The van der Waals surface area contributed by atoms with E-state index >= 15 is 0 Å². The Bertz CT molecular complexity index is 1730. The van der Waals surface area contributed by atoms with E-state index in [2.05, 4.69) is 34.6 Å². The molecule has 0 bridgehead atoms. The van der Waals surface area contributed by atoms with Crippen LogP contribution in [0.15, 0.2) is 97.6 Å². The van der Waals surface area contributed by atoms with Crippen molar-refractivity contribution in [1.82, 2.24) is 19.5 Å². The van der Waals surface area contributed by atoms with Gasteiger partial charge in [0.1, 0.15) is 29.5 Å². The molecule has 1 atom stereocenters. The van der Waals surface area contributed by atoms with Crippen LogP contribution in [0.5, 0.6) is 5.75 Å². The highest BCUT2D eigenvalue weighted by atomic mass is 31.2. The Hall–Kier alpha value is -4.12. The van der Waals surface area contributed by atoms with Crippen LogP contribution >= 0.6 is 7.60 Å². The third kappa shape index (κ3) is 7.94. The first-order valence-corrected chi connectivity index (χ1v) is 17.8. The highest BCUT2D eigenvalue weighted by Gasteiger charge is 2.38. The van der Waals surface area contributed by atoms with E-state index in [4.69, 9.17) is 28.5 Å². The van der Waals surface area contributed by atoms with E-state index in [-0.39, 0.29) is 37.8 Å². The fourth-order valence-corrected chi connectivity index (χ4v) is 7.59. The lowest BCUT2D eigenvalue weighted by Crippen LogP contribution is -2.38. The van der Waals surface area contributed by atoms with Gasteiger partial charge < -0.3 is 33.5 Å². The van der Waals surface area contributed by atoms with Crippen molar-refractivity contribution in [1.29, 1.82) is 0 Å². The van der Waals surface area contributed by atoms with Crippen molar-refractivity contribution in [2.45, 2.75) is 57.9 Å². The number of methoxy groups -OCH3 is 1. The average Bonchev–Trinajstić information content (AvgIpc) is 3.52. The van der Waals surface area contributed by atoms with E-state index in [1.165, 1.54) is 6.33 Å². The monoisotopic (exact) mass is 673 g/mol. The fraction of sp³-hybridized carbons (Fsp3) is 0.361. The molecule has 0 aliphatic rings. The molecule has 254 valence electrons. The molecule has 0 fully saturated rings. The maximum Gasteiger partial charge on any atom is 0.356 e. The first-order chi connectivity index (χ1) is 23.2. The minimum absolute atomic E-state index is 0.102. The van der Waals surface area contributed by atoms with Crippen LogP contribution in [0.25, 0.3) is 11.2 Å². The van der Waals surface area contributed by atoms with Gasteiger partial charge in [-0.15, -0.1) is 0 Å². The summed E-state index contributed by atoms with van der Waals surface area (Å²) in [6, 6.07) is 28.0. The summed E-state index contributed by atoms with van der Waals surface area (Å²) < 4.78 is 37.9. The smallest absolute Gasteiger partial charge is 0.356 e. The lowest BCUT2D eigenvalue weighted by atomic mass is 9.77. The first kappa shape index (κ1) is 35.2. The van der Waals surface area contributed by atoms with Gasteiger partial charge in [-0.3, -0.25) is 4.57 Å². The van der Waals surface area contributed by atoms with Gasteiger partial charge in [0, 0.05) is 6.61 Å². The zero-order valence-corrected chi connectivity index (χ0v) is 28.9. The van der Waals surface area contributed by atoms with Crippen LogP contribution in [0, 0.1) is 0 Å². The Balaban J connectivity index is 1.54. The lowest BCUT2D eigenvalue weighted by molar-refractivity contribution is 0.0809. The van der Waals surface area contributed by atoms with Crippen molar-refractivity contribution in [3.8, 4) is 5.75 Å². The molecule has 48 heavy (non-hydrogen) atoms. The van der Waals surface area contributed by atoms with Gasteiger partial charge in [0.25, 0.3) is 0 Å². The second-order valence-electron chi connectivity index (χ2n) is 12.0. The summed E-state index contributed by atoms with van der Waals surface area (Å²) in [5.74, 6) is 1.27. The van der Waals surface area contributed by atoms with Crippen LogP contribution in [-0.4, -0.2) is 63.5 Å². The molecule has 5 aromatic rings. The van der Waals surface area contributed by atoms with E-state index in [1.807, 2.05) is 65.2 Å². The zero-order chi connectivity index (χ0) is 34.1. The molecule has 0 saturated heterocycles. The molecule has 0 aliphatic carbocycles. The Labute approximate surface area is 281 Å². The number of benzene rings is 3. The van der Waals surface area contributed by atoms with Crippen molar-refractivity contribution in [3.05, 3.63) is 114 Å². The molecule has 0 amide bonds. The molecular formula is C36H44N5O6P. The molecule has 0 radical (unpaired) electrons. The van der Waals surface area contributed by atoms with Crippen molar-refractivity contribution in [2.75, 3.05) is 32.0 Å².